The minimum atomic E-state index is 0.871. The Morgan fingerprint density at radius 2 is 0.557 bits per heavy atom. The Bertz CT molecular complexity index is 8600. The van der Waals surface area contributed by atoms with Gasteiger partial charge in [-0.2, -0.15) is 0 Å². The molecule has 0 aliphatic rings. The van der Waals surface area contributed by atoms with E-state index in [0.29, 0.717) is 0 Å². The molecule has 10 heterocycles. The lowest BCUT2D eigenvalue weighted by atomic mass is 9.99. The summed E-state index contributed by atoms with van der Waals surface area (Å²) in [4.78, 5) is 19.3. The summed E-state index contributed by atoms with van der Waals surface area (Å²) in [5, 5.41) is 18.9. The van der Waals surface area contributed by atoms with Crippen LogP contribution in [0.5, 0.6) is 0 Å². The van der Waals surface area contributed by atoms with E-state index in [1.165, 1.54) is 70.9 Å². The first-order valence-corrected chi connectivity index (χ1v) is 41.1. The van der Waals surface area contributed by atoms with Gasteiger partial charge in [0.1, 0.15) is 51.0 Å². The first kappa shape index (κ1) is 69.7. The smallest absolute Gasteiger partial charge is 0.138 e. The molecule has 0 N–H and O–H groups in total. The van der Waals surface area contributed by atoms with Crippen molar-refractivity contribution in [2.45, 2.75) is 0 Å². The normalized spacial score (nSPS) is 11.8. The predicted octanol–water partition coefficient (Wildman–Crippen LogP) is 29.9. The summed E-state index contributed by atoms with van der Waals surface area (Å²) in [6, 6.07) is 139. The standard InChI is InChI=1S/C40H25N3O.C39H24N2O.C33H20N2O/c1-3-9-26(10-4-1)30-23-35(27-11-5-2-6-12-27)42-40(24-30)43-36-17-15-28(21-32(36)34-25-41-20-19-37(34)43)29-16-18-39-33(22-29)31-13-7-8-14-38(31)44-39;1-2-8-25(9-3-1)29-20-21-40-38(24-29)41-34-17-15-27(23-33(34)39-30-11-5-4-10-26(30)14-18-35(39)41)28-16-19-37-32(22-28)31-12-6-7-13-36(31)42-37;1-2-8-24-21(7-1)12-16-29-33(24)27-20-22(13-15-28(27)35(29)32-11-5-6-18-34-32)23-14-17-31-26(19-23)25-9-3-4-10-30(25)36-31/h1-25H;1-24H;1-20H. The Balaban J connectivity index is 0.000000104. The fourth-order valence-electron chi connectivity index (χ4n) is 18.5. The summed E-state index contributed by atoms with van der Waals surface area (Å²) in [5.41, 5.74) is 25.8. The molecule has 26 aromatic rings. The van der Waals surface area contributed by atoms with Crippen molar-refractivity contribution in [3.8, 4) is 84.3 Å². The van der Waals surface area contributed by atoms with Crippen LogP contribution in [0.2, 0.25) is 0 Å². The van der Waals surface area contributed by atoms with Gasteiger partial charge in [-0.05, 0) is 223 Å². The van der Waals surface area contributed by atoms with E-state index >= 15 is 0 Å². The molecule has 26 rings (SSSR count). The zero-order valence-electron chi connectivity index (χ0n) is 65.7. The molecule has 0 bridgehead atoms. The molecule has 0 spiro atoms. The molecular weight excluding hydrogens is 1490 g/mol. The van der Waals surface area contributed by atoms with E-state index in [1.54, 1.807) is 0 Å². The van der Waals surface area contributed by atoms with E-state index in [9.17, 15) is 0 Å². The van der Waals surface area contributed by atoms with Gasteiger partial charge < -0.3 is 13.3 Å². The highest BCUT2D eigenvalue weighted by atomic mass is 16.3. The second kappa shape index (κ2) is 28.7. The summed E-state index contributed by atoms with van der Waals surface area (Å²) in [5.74, 6) is 2.70. The number of hydrogen-bond acceptors (Lipinski definition) is 7. The number of aromatic nitrogens is 7. The first-order valence-electron chi connectivity index (χ1n) is 41.1. The van der Waals surface area contributed by atoms with E-state index in [1.807, 2.05) is 91.5 Å². The van der Waals surface area contributed by atoms with Gasteiger partial charge in [0.05, 0.1) is 38.8 Å². The molecule has 10 nitrogen and oxygen atoms in total. The zero-order valence-corrected chi connectivity index (χ0v) is 65.7. The number of furan rings is 3. The van der Waals surface area contributed by atoms with Crippen molar-refractivity contribution in [3.63, 3.8) is 0 Å². The molecule has 0 saturated heterocycles. The average molecular weight is 1560 g/mol. The number of fused-ring (bicyclic) bond motifs is 22. The molecule has 0 aliphatic heterocycles. The maximum Gasteiger partial charge on any atom is 0.138 e. The topological polar surface area (TPSA) is 106 Å². The van der Waals surface area contributed by atoms with Crippen LogP contribution < -0.4 is 0 Å². The lowest BCUT2D eigenvalue weighted by Crippen LogP contribution is -2.00. The molecule has 570 valence electrons. The summed E-state index contributed by atoms with van der Waals surface area (Å²) in [6.07, 6.45) is 7.58. The third kappa shape index (κ3) is 11.8. The highest BCUT2D eigenvalue weighted by molar-refractivity contribution is 6.24. The van der Waals surface area contributed by atoms with Crippen LogP contribution in [0.15, 0.2) is 432 Å². The lowest BCUT2D eigenvalue weighted by molar-refractivity contribution is 0.668. The molecule has 0 saturated carbocycles. The van der Waals surface area contributed by atoms with Crippen molar-refractivity contribution in [2.75, 3.05) is 0 Å². The second-order valence-electron chi connectivity index (χ2n) is 31.2. The molecular formula is C112H69N7O3. The zero-order chi connectivity index (χ0) is 80.3. The molecule has 0 amide bonds. The number of hydrogen-bond donors (Lipinski definition) is 0. The maximum atomic E-state index is 6.10. The van der Waals surface area contributed by atoms with Crippen LogP contribution in [0.1, 0.15) is 0 Å². The van der Waals surface area contributed by atoms with Gasteiger partial charge in [0.15, 0.2) is 0 Å². The summed E-state index contributed by atoms with van der Waals surface area (Å²) >= 11 is 0. The van der Waals surface area contributed by atoms with Gasteiger partial charge in [0.2, 0.25) is 0 Å². The number of nitrogens with zero attached hydrogens (tertiary/aromatic N) is 7. The minimum Gasteiger partial charge on any atom is -0.456 e. The Morgan fingerprint density at radius 1 is 0.189 bits per heavy atom. The van der Waals surface area contributed by atoms with E-state index < -0.39 is 0 Å². The van der Waals surface area contributed by atoms with Gasteiger partial charge in [-0.3, -0.25) is 18.7 Å². The van der Waals surface area contributed by atoms with Crippen LogP contribution in [0, 0.1) is 0 Å². The summed E-state index contributed by atoms with van der Waals surface area (Å²) in [7, 11) is 0. The Hall–Kier alpha value is -16.6. The molecule has 16 aromatic carbocycles. The van der Waals surface area contributed by atoms with E-state index in [2.05, 4.69) is 346 Å². The highest BCUT2D eigenvalue weighted by Gasteiger charge is 2.23. The average Bonchev–Trinajstić information content (AvgIpc) is 1.58. The van der Waals surface area contributed by atoms with Crippen molar-refractivity contribution in [3.05, 3.63) is 419 Å². The maximum absolute atomic E-state index is 6.10. The van der Waals surface area contributed by atoms with Crippen LogP contribution in [0.3, 0.4) is 0 Å². The fourth-order valence-corrected chi connectivity index (χ4v) is 18.5. The number of pyridine rings is 4. The monoisotopic (exact) mass is 1560 g/mol. The molecule has 0 atom stereocenters. The van der Waals surface area contributed by atoms with Crippen LogP contribution in [-0.2, 0) is 0 Å². The van der Waals surface area contributed by atoms with Crippen LogP contribution in [0.25, 0.3) is 237 Å². The molecule has 10 heteroatoms. The summed E-state index contributed by atoms with van der Waals surface area (Å²) < 4.78 is 25.1. The highest BCUT2D eigenvalue weighted by Crippen LogP contribution is 2.45. The van der Waals surface area contributed by atoms with E-state index in [4.69, 9.17) is 28.2 Å². The van der Waals surface area contributed by atoms with Crippen LogP contribution >= 0.6 is 0 Å². The van der Waals surface area contributed by atoms with Crippen molar-refractivity contribution < 1.29 is 13.3 Å². The van der Waals surface area contributed by atoms with Gasteiger partial charge in [0, 0.05) is 95.0 Å². The summed E-state index contributed by atoms with van der Waals surface area (Å²) in [6.45, 7) is 0. The third-order valence-electron chi connectivity index (χ3n) is 24.2. The van der Waals surface area contributed by atoms with E-state index in [-0.39, 0.29) is 0 Å². The van der Waals surface area contributed by atoms with Crippen LogP contribution in [0.4, 0.5) is 0 Å². The van der Waals surface area contributed by atoms with Crippen molar-refractivity contribution in [1.29, 1.82) is 0 Å². The fraction of sp³-hybridized carbons (Fsp3) is 0. The quantitative estimate of drug-likeness (QED) is 0.142. The number of benzene rings is 16. The largest absolute Gasteiger partial charge is 0.456 e. The molecule has 0 unspecified atom stereocenters. The van der Waals surface area contributed by atoms with Gasteiger partial charge in [-0.25, -0.2) is 15.0 Å². The van der Waals surface area contributed by atoms with Crippen molar-refractivity contribution in [1.82, 2.24) is 33.6 Å². The number of rotatable bonds is 9. The Labute approximate surface area is 698 Å². The molecule has 0 fully saturated rings. The van der Waals surface area contributed by atoms with Crippen LogP contribution in [-0.4, -0.2) is 33.6 Å². The first-order chi connectivity index (χ1) is 60.5. The lowest BCUT2D eigenvalue weighted by Gasteiger charge is -2.13. The SMILES string of the molecule is c1ccc(-c2cc(-c3ccccc3)nc(-n3c4ccncc4c4cc(-c5ccc6oc7ccccc7c6c5)ccc43)c2)cc1.c1ccc(-c2ccnc(-n3c4ccc(-c5ccc6oc7ccccc7c6c5)cc4c4c5ccccc5ccc43)c2)cc1.c1ccc(-n2c3ccc(-c4ccc5oc6ccccc6c5c4)cc3c3c4ccccc4ccc32)nc1. The third-order valence-corrected chi connectivity index (χ3v) is 24.2. The van der Waals surface area contributed by atoms with Gasteiger partial charge >= 0.3 is 0 Å². The molecule has 0 radical (unpaired) electrons. The Morgan fingerprint density at radius 3 is 1.07 bits per heavy atom. The Kier molecular flexibility index (Phi) is 16.4. The predicted molar refractivity (Wildman–Crippen MR) is 503 cm³/mol. The van der Waals surface area contributed by atoms with Crippen molar-refractivity contribution in [2.24, 2.45) is 0 Å². The van der Waals surface area contributed by atoms with Crippen molar-refractivity contribution >= 4 is 153 Å². The molecule has 122 heavy (non-hydrogen) atoms. The second-order valence-corrected chi connectivity index (χ2v) is 31.2. The number of para-hydroxylation sites is 3. The molecule has 10 aromatic heterocycles. The van der Waals surface area contributed by atoms with Gasteiger partial charge in [-0.15, -0.1) is 0 Å². The minimum absolute atomic E-state index is 0.871. The van der Waals surface area contributed by atoms with E-state index in [0.717, 1.165) is 166 Å². The van der Waals surface area contributed by atoms with Gasteiger partial charge in [-0.1, -0.05) is 249 Å². The van der Waals surface area contributed by atoms with Gasteiger partial charge in [0.25, 0.3) is 0 Å². The molecule has 0 aliphatic carbocycles.